The van der Waals surface area contributed by atoms with Gasteiger partial charge >= 0.3 is 0 Å². The fraction of sp³-hybridized carbons (Fsp3) is 0.375. The number of unbranched alkanes of at least 4 members (excludes halogenated alkanes) is 3. The van der Waals surface area contributed by atoms with E-state index in [0.29, 0.717) is 21.3 Å². The minimum absolute atomic E-state index is 0.107. The van der Waals surface area contributed by atoms with Crippen LogP contribution in [0.1, 0.15) is 38.2 Å². The van der Waals surface area contributed by atoms with Gasteiger partial charge in [-0.2, -0.15) is 0 Å². The zero-order valence-corrected chi connectivity index (χ0v) is 13.6. The lowest BCUT2D eigenvalue weighted by molar-refractivity contribution is -0.122. The van der Waals surface area contributed by atoms with Crippen LogP contribution in [0, 0.1) is 5.82 Å². The van der Waals surface area contributed by atoms with Crippen LogP contribution >= 0.6 is 24.0 Å². The van der Waals surface area contributed by atoms with Gasteiger partial charge in [-0.15, -0.1) is 0 Å². The fourth-order valence-corrected chi connectivity index (χ4v) is 3.42. The van der Waals surface area contributed by atoms with E-state index in [0.717, 1.165) is 19.3 Å². The number of carbonyl (C=O) groups is 1. The Morgan fingerprint density at radius 3 is 2.76 bits per heavy atom. The maximum atomic E-state index is 13.6. The van der Waals surface area contributed by atoms with Crippen molar-refractivity contribution in [3.63, 3.8) is 0 Å². The lowest BCUT2D eigenvalue weighted by atomic mass is 10.2. The predicted molar refractivity (Wildman–Crippen MR) is 90.4 cm³/mol. The predicted octanol–water partition coefficient (Wildman–Crippen LogP) is 4.61. The quantitative estimate of drug-likeness (QED) is 0.433. The SMILES string of the molecule is CCCCCCN1C(=O)C(=Cc2ccccc2F)SC1=S. The van der Waals surface area contributed by atoms with E-state index >= 15 is 0 Å². The second kappa shape index (κ2) is 7.71. The van der Waals surface area contributed by atoms with Crippen molar-refractivity contribution in [2.45, 2.75) is 32.6 Å². The smallest absolute Gasteiger partial charge is 0.266 e. The standard InChI is InChI=1S/C16H18FNOS2/c1-2-3-4-7-10-18-15(19)14(21-16(18)20)11-12-8-5-6-9-13(12)17/h5-6,8-9,11H,2-4,7,10H2,1H3. The van der Waals surface area contributed by atoms with E-state index in [-0.39, 0.29) is 11.7 Å². The number of thiocarbonyl (C=S) groups is 1. The molecule has 2 nitrogen and oxygen atoms in total. The van der Waals surface area contributed by atoms with Crippen molar-refractivity contribution in [1.82, 2.24) is 4.90 Å². The number of halogens is 1. The maximum absolute atomic E-state index is 13.6. The van der Waals surface area contributed by atoms with Crippen LogP contribution in [0.4, 0.5) is 4.39 Å². The Bertz CT molecular complexity index is 571. The maximum Gasteiger partial charge on any atom is 0.266 e. The van der Waals surface area contributed by atoms with E-state index in [4.69, 9.17) is 12.2 Å². The van der Waals surface area contributed by atoms with Crippen LogP contribution in [-0.4, -0.2) is 21.7 Å². The van der Waals surface area contributed by atoms with E-state index in [2.05, 4.69) is 6.92 Å². The van der Waals surface area contributed by atoms with Gasteiger partial charge in [0.25, 0.3) is 5.91 Å². The van der Waals surface area contributed by atoms with Crippen molar-refractivity contribution < 1.29 is 9.18 Å². The topological polar surface area (TPSA) is 20.3 Å². The molecule has 1 saturated heterocycles. The molecule has 0 radical (unpaired) electrons. The van der Waals surface area contributed by atoms with Crippen LogP contribution in [0.15, 0.2) is 29.2 Å². The molecule has 1 aliphatic heterocycles. The van der Waals surface area contributed by atoms with Crippen LogP contribution in [0.25, 0.3) is 6.08 Å². The summed E-state index contributed by atoms with van der Waals surface area (Å²) in [5.74, 6) is -0.435. The molecule has 2 rings (SSSR count). The van der Waals surface area contributed by atoms with E-state index in [9.17, 15) is 9.18 Å². The Balaban J connectivity index is 2.06. The third kappa shape index (κ3) is 4.14. The van der Waals surface area contributed by atoms with Gasteiger partial charge in [-0.3, -0.25) is 9.69 Å². The third-order valence-electron chi connectivity index (χ3n) is 3.30. The monoisotopic (exact) mass is 323 g/mol. The van der Waals surface area contributed by atoms with E-state index in [1.165, 1.54) is 24.2 Å². The Morgan fingerprint density at radius 1 is 1.29 bits per heavy atom. The molecule has 0 aliphatic carbocycles. The summed E-state index contributed by atoms with van der Waals surface area (Å²) in [7, 11) is 0. The van der Waals surface area contributed by atoms with Crippen molar-refractivity contribution >= 4 is 40.3 Å². The van der Waals surface area contributed by atoms with Crippen LogP contribution in [0.3, 0.4) is 0 Å². The van der Waals surface area contributed by atoms with Gasteiger partial charge in [0.15, 0.2) is 0 Å². The molecular formula is C16H18FNOS2. The Kier molecular flexibility index (Phi) is 5.94. The summed E-state index contributed by atoms with van der Waals surface area (Å²) in [5, 5.41) is 0. The molecule has 1 fully saturated rings. The van der Waals surface area contributed by atoms with Gasteiger partial charge in [0.1, 0.15) is 10.1 Å². The van der Waals surface area contributed by atoms with Gasteiger partial charge in [-0.05, 0) is 18.6 Å². The lowest BCUT2D eigenvalue weighted by Crippen LogP contribution is -2.29. The molecule has 112 valence electrons. The molecule has 0 N–H and O–H groups in total. The second-order valence-corrected chi connectivity index (χ2v) is 6.59. The van der Waals surface area contributed by atoms with Gasteiger partial charge in [0.2, 0.25) is 0 Å². The number of hydrogen-bond acceptors (Lipinski definition) is 3. The number of thioether (sulfide) groups is 1. The van der Waals surface area contributed by atoms with Gasteiger partial charge in [-0.25, -0.2) is 4.39 Å². The molecule has 1 heterocycles. The van der Waals surface area contributed by atoms with Crippen LogP contribution in [0.2, 0.25) is 0 Å². The number of nitrogens with zero attached hydrogens (tertiary/aromatic N) is 1. The molecule has 0 spiro atoms. The Labute approximate surface area is 134 Å². The number of carbonyl (C=O) groups excluding carboxylic acids is 1. The zero-order valence-electron chi connectivity index (χ0n) is 12.0. The summed E-state index contributed by atoms with van der Waals surface area (Å²) in [4.78, 5) is 14.5. The number of rotatable bonds is 6. The molecule has 0 bridgehead atoms. The number of hydrogen-bond donors (Lipinski definition) is 0. The highest BCUT2D eigenvalue weighted by atomic mass is 32.2. The van der Waals surface area contributed by atoms with E-state index in [1.807, 2.05) is 0 Å². The molecule has 1 amide bonds. The molecule has 1 aromatic rings. The molecule has 0 aromatic heterocycles. The lowest BCUT2D eigenvalue weighted by Gasteiger charge is -2.13. The van der Waals surface area contributed by atoms with Crippen molar-refractivity contribution in [3.05, 3.63) is 40.6 Å². The van der Waals surface area contributed by atoms with Gasteiger partial charge in [0.05, 0.1) is 4.91 Å². The third-order valence-corrected chi connectivity index (χ3v) is 4.68. The van der Waals surface area contributed by atoms with Crippen molar-refractivity contribution in [2.24, 2.45) is 0 Å². The molecule has 0 saturated carbocycles. The van der Waals surface area contributed by atoms with Crippen molar-refractivity contribution in [3.8, 4) is 0 Å². The highest BCUT2D eigenvalue weighted by Gasteiger charge is 2.31. The minimum atomic E-state index is -0.328. The van der Waals surface area contributed by atoms with Crippen molar-refractivity contribution in [2.75, 3.05) is 6.54 Å². The first-order chi connectivity index (χ1) is 10.1. The first-order valence-corrected chi connectivity index (χ1v) is 8.36. The Morgan fingerprint density at radius 2 is 2.05 bits per heavy atom. The first-order valence-electron chi connectivity index (χ1n) is 7.13. The molecule has 5 heteroatoms. The normalized spacial score (nSPS) is 17.0. The second-order valence-electron chi connectivity index (χ2n) is 4.92. The molecule has 1 aliphatic rings. The molecule has 0 unspecified atom stereocenters. The van der Waals surface area contributed by atoms with Crippen molar-refractivity contribution in [1.29, 1.82) is 0 Å². The number of amides is 1. The van der Waals surface area contributed by atoms with Gasteiger partial charge < -0.3 is 0 Å². The summed E-state index contributed by atoms with van der Waals surface area (Å²) in [5.41, 5.74) is 0.420. The summed E-state index contributed by atoms with van der Waals surface area (Å²) >= 11 is 6.51. The van der Waals surface area contributed by atoms with E-state index in [1.54, 1.807) is 29.2 Å². The first kappa shape index (κ1) is 16.2. The van der Waals surface area contributed by atoms with E-state index < -0.39 is 0 Å². The molecule has 0 atom stereocenters. The van der Waals surface area contributed by atoms with Crippen LogP contribution in [-0.2, 0) is 4.79 Å². The highest BCUT2D eigenvalue weighted by Crippen LogP contribution is 2.33. The minimum Gasteiger partial charge on any atom is -0.293 e. The molecular weight excluding hydrogens is 305 g/mol. The largest absolute Gasteiger partial charge is 0.293 e. The summed E-state index contributed by atoms with van der Waals surface area (Å²) in [6, 6.07) is 6.42. The van der Waals surface area contributed by atoms with Gasteiger partial charge in [0, 0.05) is 12.1 Å². The Hall–Kier alpha value is -1.20. The average Bonchev–Trinajstić information content (AvgIpc) is 2.73. The summed E-state index contributed by atoms with van der Waals surface area (Å²) < 4.78 is 14.2. The van der Waals surface area contributed by atoms with Crippen LogP contribution < -0.4 is 0 Å². The summed E-state index contributed by atoms with van der Waals surface area (Å²) in [6.07, 6.45) is 5.96. The fourth-order valence-electron chi connectivity index (χ4n) is 2.12. The highest BCUT2D eigenvalue weighted by molar-refractivity contribution is 8.26. The van der Waals surface area contributed by atoms with Gasteiger partial charge in [-0.1, -0.05) is 68.4 Å². The number of benzene rings is 1. The molecule has 1 aromatic carbocycles. The zero-order chi connectivity index (χ0) is 15.2. The summed E-state index contributed by atoms with van der Waals surface area (Å²) in [6.45, 7) is 2.80. The van der Waals surface area contributed by atoms with Crippen LogP contribution in [0.5, 0.6) is 0 Å². The average molecular weight is 323 g/mol. The molecule has 21 heavy (non-hydrogen) atoms.